The number of carboxylic acids is 2. The van der Waals surface area contributed by atoms with E-state index in [1.807, 2.05) is 5.32 Å². The quantitative estimate of drug-likeness (QED) is 0.265. The van der Waals surface area contributed by atoms with Crippen LogP contribution in [0.2, 0.25) is 0 Å². The molecule has 3 atom stereocenters. The van der Waals surface area contributed by atoms with E-state index in [4.69, 9.17) is 21.1 Å². The van der Waals surface area contributed by atoms with E-state index >= 15 is 0 Å². The maximum atomic E-state index is 11.8. The van der Waals surface area contributed by atoms with Gasteiger partial charge >= 0.3 is 11.9 Å². The molecule has 0 aromatic heterocycles. The van der Waals surface area contributed by atoms with Crippen molar-refractivity contribution in [3.8, 4) is 0 Å². The molecule has 0 aliphatic carbocycles. The number of hydrogen-bond donors (Lipinski definition) is 6. The first-order chi connectivity index (χ1) is 9.68. The van der Waals surface area contributed by atoms with Crippen molar-refractivity contribution >= 4 is 23.8 Å². The first kappa shape index (κ1) is 18.8. The molecule has 0 fully saturated rings. The summed E-state index contributed by atoms with van der Waals surface area (Å²) < 4.78 is 0. The molecule has 7 N–H and O–H groups in total. The second-order valence-electron chi connectivity index (χ2n) is 4.36. The van der Waals surface area contributed by atoms with Crippen molar-refractivity contribution in [3.63, 3.8) is 0 Å². The van der Waals surface area contributed by atoms with Crippen LogP contribution in [0.15, 0.2) is 0 Å². The lowest BCUT2D eigenvalue weighted by Gasteiger charge is -2.20. The molecule has 0 bridgehead atoms. The van der Waals surface area contributed by atoms with E-state index < -0.39 is 54.9 Å². The van der Waals surface area contributed by atoms with Gasteiger partial charge in [0.2, 0.25) is 11.8 Å². The van der Waals surface area contributed by atoms with E-state index in [0.29, 0.717) is 0 Å². The number of aliphatic hydroxyl groups excluding tert-OH is 1. The predicted octanol–water partition coefficient (Wildman–Crippen LogP) is -2.76. The van der Waals surface area contributed by atoms with Crippen LogP contribution >= 0.6 is 0 Å². The zero-order chi connectivity index (χ0) is 16.6. The van der Waals surface area contributed by atoms with Gasteiger partial charge < -0.3 is 31.7 Å². The van der Waals surface area contributed by atoms with Gasteiger partial charge in [0, 0.05) is 6.42 Å². The number of carbonyl (C=O) groups is 4. The Balaban J connectivity index is 4.66. The van der Waals surface area contributed by atoms with E-state index in [1.165, 1.54) is 6.92 Å². The molecule has 0 heterocycles. The van der Waals surface area contributed by atoms with Crippen molar-refractivity contribution in [1.82, 2.24) is 10.6 Å². The summed E-state index contributed by atoms with van der Waals surface area (Å²) in [6.45, 7) is 0.615. The Hall–Kier alpha value is -2.20. The summed E-state index contributed by atoms with van der Waals surface area (Å²) in [7, 11) is 0. The Morgan fingerprint density at radius 1 is 1.05 bits per heavy atom. The minimum atomic E-state index is -1.44. The molecule has 120 valence electrons. The van der Waals surface area contributed by atoms with E-state index in [0.717, 1.165) is 0 Å². The SMILES string of the molecule is CC(N)C(=O)NC(CO)C(=O)NC(CCC(=O)O)C(=O)O. The summed E-state index contributed by atoms with van der Waals surface area (Å²) in [5.74, 6) is -4.26. The molecular weight excluding hydrogens is 286 g/mol. The fourth-order valence-electron chi connectivity index (χ4n) is 1.29. The molecule has 0 rings (SSSR count). The van der Waals surface area contributed by atoms with Gasteiger partial charge in [0.15, 0.2) is 0 Å². The van der Waals surface area contributed by atoms with E-state index in [-0.39, 0.29) is 6.42 Å². The van der Waals surface area contributed by atoms with Crippen LogP contribution in [-0.2, 0) is 19.2 Å². The van der Waals surface area contributed by atoms with Gasteiger partial charge in [-0.1, -0.05) is 0 Å². The topological polar surface area (TPSA) is 179 Å². The molecule has 0 aromatic rings. The standard InChI is InChI=1S/C11H19N3O7/c1-5(12)9(18)14-7(4-15)10(19)13-6(11(20)21)2-3-8(16)17/h5-7,15H,2-4,12H2,1H3,(H,13,19)(H,14,18)(H,16,17)(H,20,21). The average molecular weight is 305 g/mol. The molecule has 21 heavy (non-hydrogen) atoms. The summed E-state index contributed by atoms with van der Waals surface area (Å²) in [6.07, 6.45) is -0.775. The molecule has 0 aliphatic rings. The third kappa shape index (κ3) is 7.22. The van der Waals surface area contributed by atoms with Gasteiger partial charge in [-0.25, -0.2) is 4.79 Å². The van der Waals surface area contributed by atoms with Gasteiger partial charge in [0.05, 0.1) is 12.6 Å². The third-order valence-corrected chi connectivity index (χ3v) is 2.49. The second kappa shape index (κ2) is 8.87. The molecule has 0 saturated heterocycles. The van der Waals surface area contributed by atoms with Crippen LogP contribution in [0.4, 0.5) is 0 Å². The van der Waals surface area contributed by atoms with Gasteiger partial charge in [-0.3, -0.25) is 14.4 Å². The van der Waals surface area contributed by atoms with Crippen LogP contribution in [0.1, 0.15) is 19.8 Å². The summed E-state index contributed by atoms with van der Waals surface area (Å²) in [5.41, 5.74) is 5.28. The van der Waals surface area contributed by atoms with E-state index in [2.05, 4.69) is 5.32 Å². The lowest BCUT2D eigenvalue weighted by molar-refractivity contribution is -0.143. The largest absolute Gasteiger partial charge is 0.481 e. The van der Waals surface area contributed by atoms with Crippen molar-refractivity contribution in [1.29, 1.82) is 0 Å². The highest BCUT2D eigenvalue weighted by atomic mass is 16.4. The molecule has 3 unspecified atom stereocenters. The predicted molar refractivity (Wildman–Crippen MR) is 69.1 cm³/mol. The minimum absolute atomic E-state index is 0.324. The van der Waals surface area contributed by atoms with Gasteiger partial charge in [0.1, 0.15) is 12.1 Å². The van der Waals surface area contributed by atoms with Crippen LogP contribution in [0.25, 0.3) is 0 Å². The average Bonchev–Trinajstić information content (AvgIpc) is 2.39. The normalized spacial score (nSPS) is 14.6. The molecule has 2 amide bonds. The Bertz CT molecular complexity index is 411. The molecule has 0 radical (unpaired) electrons. The number of rotatable bonds is 9. The maximum absolute atomic E-state index is 11.8. The van der Waals surface area contributed by atoms with Gasteiger partial charge in [-0.05, 0) is 13.3 Å². The van der Waals surface area contributed by atoms with Crippen LogP contribution in [0, 0.1) is 0 Å². The number of amides is 2. The first-order valence-electron chi connectivity index (χ1n) is 6.10. The smallest absolute Gasteiger partial charge is 0.326 e. The van der Waals surface area contributed by atoms with Crippen molar-refractivity contribution in [2.75, 3.05) is 6.61 Å². The van der Waals surface area contributed by atoms with Crippen molar-refractivity contribution in [3.05, 3.63) is 0 Å². The maximum Gasteiger partial charge on any atom is 0.326 e. The Morgan fingerprint density at radius 3 is 1.95 bits per heavy atom. The van der Waals surface area contributed by atoms with Crippen molar-refractivity contribution < 1.29 is 34.5 Å². The van der Waals surface area contributed by atoms with Crippen molar-refractivity contribution in [2.24, 2.45) is 5.73 Å². The highest BCUT2D eigenvalue weighted by Gasteiger charge is 2.27. The minimum Gasteiger partial charge on any atom is -0.481 e. The highest BCUT2D eigenvalue weighted by molar-refractivity contribution is 5.91. The third-order valence-electron chi connectivity index (χ3n) is 2.49. The number of nitrogens with one attached hydrogen (secondary N) is 2. The summed E-state index contributed by atoms with van der Waals surface area (Å²) in [5, 5.41) is 30.6. The lowest BCUT2D eigenvalue weighted by Crippen LogP contribution is -2.55. The van der Waals surface area contributed by atoms with Crippen LogP contribution in [0.5, 0.6) is 0 Å². The second-order valence-corrected chi connectivity index (χ2v) is 4.36. The van der Waals surface area contributed by atoms with Gasteiger partial charge in [0.25, 0.3) is 0 Å². The molecular formula is C11H19N3O7. The zero-order valence-electron chi connectivity index (χ0n) is 11.4. The monoisotopic (exact) mass is 305 g/mol. The van der Waals surface area contributed by atoms with Crippen molar-refractivity contribution in [2.45, 2.75) is 37.9 Å². The lowest BCUT2D eigenvalue weighted by atomic mass is 10.1. The highest BCUT2D eigenvalue weighted by Crippen LogP contribution is 1.99. The van der Waals surface area contributed by atoms with E-state index in [9.17, 15) is 19.2 Å². The van der Waals surface area contributed by atoms with E-state index in [1.54, 1.807) is 0 Å². The summed E-state index contributed by atoms with van der Waals surface area (Å²) in [6, 6.07) is -3.71. The molecule has 0 saturated carbocycles. The number of carbonyl (C=O) groups excluding carboxylic acids is 2. The fourth-order valence-corrected chi connectivity index (χ4v) is 1.29. The Kier molecular flexibility index (Phi) is 7.94. The van der Waals surface area contributed by atoms with Gasteiger partial charge in [-0.2, -0.15) is 0 Å². The number of hydrogen-bond acceptors (Lipinski definition) is 6. The van der Waals surface area contributed by atoms with Crippen LogP contribution < -0.4 is 16.4 Å². The zero-order valence-corrected chi connectivity index (χ0v) is 11.4. The number of aliphatic carboxylic acids is 2. The number of aliphatic hydroxyl groups is 1. The number of carboxylic acid groups (broad SMARTS) is 2. The molecule has 0 aromatic carbocycles. The fraction of sp³-hybridized carbons (Fsp3) is 0.636. The summed E-state index contributed by atoms with van der Waals surface area (Å²) >= 11 is 0. The number of nitrogens with two attached hydrogens (primary N) is 1. The Labute approximate surface area is 120 Å². The first-order valence-corrected chi connectivity index (χ1v) is 6.10. The molecule has 0 spiro atoms. The molecule has 0 aliphatic heterocycles. The Morgan fingerprint density at radius 2 is 1.57 bits per heavy atom. The van der Waals surface area contributed by atoms with Crippen LogP contribution in [-0.4, -0.2) is 63.8 Å². The molecule has 10 nitrogen and oxygen atoms in total. The van der Waals surface area contributed by atoms with Crippen LogP contribution in [0.3, 0.4) is 0 Å². The summed E-state index contributed by atoms with van der Waals surface area (Å²) in [4.78, 5) is 44.4. The molecule has 10 heteroatoms. The van der Waals surface area contributed by atoms with Gasteiger partial charge in [-0.15, -0.1) is 0 Å².